The van der Waals surface area contributed by atoms with Crippen LogP contribution in [0.3, 0.4) is 0 Å². The number of likely N-dealkylation sites (tertiary alicyclic amines) is 1. The second kappa shape index (κ2) is 13.8. The van der Waals surface area contributed by atoms with E-state index in [1.54, 1.807) is 6.07 Å². The number of nitrogens with one attached hydrogen (secondary N) is 1. The van der Waals surface area contributed by atoms with Crippen LogP contribution in [0.4, 0.5) is 5.82 Å². The van der Waals surface area contributed by atoms with Gasteiger partial charge in [0.1, 0.15) is 11.9 Å². The van der Waals surface area contributed by atoms with E-state index in [0.717, 1.165) is 57.5 Å². The van der Waals surface area contributed by atoms with Gasteiger partial charge in [0.05, 0.1) is 24.3 Å². The maximum Gasteiger partial charge on any atom is 0.327 e. The zero-order valence-corrected chi connectivity index (χ0v) is 24.0. The summed E-state index contributed by atoms with van der Waals surface area (Å²) in [7, 11) is 1.43. The molecule has 0 saturated carbocycles. The highest BCUT2D eigenvalue weighted by molar-refractivity contribution is 6.33. The standard InChI is InChI=1S/C28H37Cl2N5O4.H2/c1-3-22-18-34(26-24(30)16-20(17-32-26)27(37)31-10-15-36)13-14-35(22)23-8-11-33(12-9-23)25(28(38)39-2)19-4-6-21(29)7-5-19;/h4-7,16-17,22-23,25,36H,3,8-15,18H2,1-2H3,(H,31,37);1H/t22-,25?;/m0./s1. The van der Waals surface area contributed by atoms with Gasteiger partial charge in [0.2, 0.25) is 0 Å². The first-order chi connectivity index (χ1) is 18.9. The minimum Gasteiger partial charge on any atom is -0.468 e. The number of hydrogen-bond acceptors (Lipinski definition) is 8. The van der Waals surface area contributed by atoms with Gasteiger partial charge in [0.15, 0.2) is 0 Å². The molecule has 4 rings (SSSR count). The van der Waals surface area contributed by atoms with Crippen LogP contribution < -0.4 is 10.2 Å². The maximum absolute atomic E-state index is 12.7. The van der Waals surface area contributed by atoms with Crippen molar-refractivity contribution in [3.05, 3.63) is 57.7 Å². The largest absolute Gasteiger partial charge is 0.468 e. The van der Waals surface area contributed by atoms with Gasteiger partial charge in [-0.1, -0.05) is 42.3 Å². The molecule has 3 heterocycles. The van der Waals surface area contributed by atoms with Crippen LogP contribution >= 0.6 is 23.2 Å². The molecule has 2 aromatic rings. The van der Waals surface area contributed by atoms with Crippen LogP contribution in [0.5, 0.6) is 0 Å². The highest BCUT2D eigenvalue weighted by Crippen LogP contribution is 2.32. The molecule has 2 aliphatic heterocycles. The molecule has 1 aromatic heterocycles. The van der Waals surface area contributed by atoms with Crippen LogP contribution in [0.1, 0.15) is 49.6 Å². The van der Waals surface area contributed by atoms with Crippen molar-refractivity contribution in [1.29, 1.82) is 0 Å². The highest BCUT2D eigenvalue weighted by atomic mass is 35.5. The third kappa shape index (κ3) is 7.02. The summed E-state index contributed by atoms with van der Waals surface area (Å²) in [5.41, 5.74) is 1.27. The zero-order chi connectivity index (χ0) is 27.9. The molecule has 9 nitrogen and oxygen atoms in total. The third-order valence-corrected chi connectivity index (χ3v) is 8.25. The summed E-state index contributed by atoms with van der Waals surface area (Å²) in [6.45, 7) is 6.34. The van der Waals surface area contributed by atoms with Gasteiger partial charge in [-0.05, 0) is 43.0 Å². The number of esters is 1. The number of carbonyl (C=O) groups is 2. The second-order valence-corrected chi connectivity index (χ2v) is 10.8. The number of aromatic nitrogens is 1. The fourth-order valence-electron chi connectivity index (χ4n) is 5.69. The summed E-state index contributed by atoms with van der Waals surface area (Å²) in [6, 6.07) is 9.39. The van der Waals surface area contributed by atoms with E-state index in [9.17, 15) is 9.59 Å². The van der Waals surface area contributed by atoms with Crippen LogP contribution in [-0.4, -0.2) is 96.8 Å². The van der Waals surface area contributed by atoms with Crippen molar-refractivity contribution < 1.29 is 20.9 Å². The molecule has 0 spiro atoms. The Bertz CT molecular complexity index is 1130. The van der Waals surface area contributed by atoms with Gasteiger partial charge in [0, 0.05) is 64.0 Å². The first-order valence-corrected chi connectivity index (χ1v) is 14.2. The monoisotopic (exact) mass is 579 g/mol. The number of nitrogens with zero attached hydrogens (tertiary/aromatic N) is 4. The van der Waals surface area contributed by atoms with Gasteiger partial charge in [0.25, 0.3) is 5.91 Å². The Morgan fingerprint density at radius 3 is 2.51 bits per heavy atom. The number of methoxy groups -OCH3 is 1. The first kappa shape index (κ1) is 29.6. The summed E-state index contributed by atoms with van der Waals surface area (Å²) in [6.07, 6.45) is 4.46. The number of aliphatic hydroxyl groups is 1. The number of carbonyl (C=O) groups excluding carboxylic acids is 2. The van der Waals surface area contributed by atoms with E-state index in [0.29, 0.717) is 33.5 Å². The quantitative estimate of drug-likeness (QED) is 0.434. The zero-order valence-electron chi connectivity index (χ0n) is 22.5. The van der Waals surface area contributed by atoms with Crippen molar-refractivity contribution in [3.63, 3.8) is 0 Å². The molecule has 2 N–H and O–H groups in total. The predicted molar refractivity (Wildman–Crippen MR) is 155 cm³/mol. The summed E-state index contributed by atoms with van der Waals surface area (Å²) in [5, 5.41) is 12.6. The lowest BCUT2D eigenvalue weighted by atomic mass is 9.95. The fraction of sp³-hybridized carbons (Fsp3) is 0.536. The topological polar surface area (TPSA) is 98.2 Å². The van der Waals surface area contributed by atoms with Crippen LogP contribution in [0.15, 0.2) is 36.5 Å². The number of aliphatic hydroxyl groups excluding tert-OH is 1. The Morgan fingerprint density at radius 1 is 1.18 bits per heavy atom. The minimum absolute atomic E-state index is 0. The summed E-state index contributed by atoms with van der Waals surface area (Å²) < 4.78 is 5.15. The minimum atomic E-state index is -0.436. The van der Waals surface area contributed by atoms with Gasteiger partial charge in [-0.3, -0.25) is 14.6 Å². The number of piperidine rings is 1. The molecule has 0 bridgehead atoms. The molecule has 0 radical (unpaired) electrons. The molecular weight excluding hydrogens is 541 g/mol. The van der Waals surface area contributed by atoms with Crippen LogP contribution in [0.2, 0.25) is 10.0 Å². The molecule has 1 unspecified atom stereocenters. The van der Waals surface area contributed by atoms with Crippen molar-refractivity contribution >= 4 is 40.9 Å². The van der Waals surface area contributed by atoms with E-state index in [1.165, 1.54) is 13.3 Å². The Kier molecular flexibility index (Phi) is 10.4. The van der Waals surface area contributed by atoms with Crippen molar-refractivity contribution in [3.8, 4) is 0 Å². The maximum atomic E-state index is 12.7. The van der Waals surface area contributed by atoms with Crippen molar-refractivity contribution in [2.75, 3.05) is 57.9 Å². The van der Waals surface area contributed by atoms with Crippen molar-refractivity contribution in [1.82, 2.24) is 20.1 Å². The normalized spacial score (nSPS) is 20.0. The number of ether oxygens (including phenoxy) is 1. The molecule has 214 valence electrons. The van der Waals surface area contributed by atoms with E-state index in [2.05, 4.69) is 31.9 Å². The Hall–Kier alpha value is -2.43. The number of anilines is 1. The van der Waals surface area contributed by atoms with Crippen LogP contribution in [0, 0.1) is 0 Å². The average molecular weight is 581 g/mol. The van der Waals surface area contributed by atoms with E-state index < -0.39 is 6.04 Å². The number of amides is 1. The van der Waals surface area contributed by atoms with Crippen molar-refractivity contribution in [2.45, 2.75) is 44.3 Å². The lowest BCUT2D eigenvalue weighted by Crippen LogP contribution is -2.58. The summed E-state index contributed by atoms with van der Waals surface area (Å²) in [5.74, 6) is 0.127. The average Bonchev–Trinajstić information content (AvgIpc) is 2.97. The van der Waals surface area contributed by atoms with Gasteiger partial charge in [-0.15, -0.1) is 0 Å². The molecule has 2 saturated heterocycles. The third-order valence-electron chi connectivity index (χ3n) is 7.72. The molecule has 1 aromatic carbocycles. The van der Waals surface area contributed by atoms with E-state index >= 15 is 0 Å². The van der Waals surface area contributed by atoms with Crippen LogP contribution in [0.25, 0.3) is 0 Å². The number of rotatable bonds is 9. The number of pyridine rings is 1. The smallest absolute Gasteiger partial charge is 0.327 e. The molecule has 1 amide bonds. The number of hydrogen-bond donors (Lipinski definition) is 2. The van der Waals surface area contributed by atoms with Crippen LogP contribution in [-0.2, 0) is 9.53 Å². The number of benzene rings is 1. The first-order valence-electron chi connectivity index (χ1n) is 13.5. The Morgan fingerprint density at radius 2 is 1.90 bits per heavy atom. The van der Waals surface area contributed by atoms with Crippen molar-refractivity contribution in [2.24, 2.45) is 0 Å². The second-order valence-electron chi connectivity index (χ2n) is 10.00. The molecule has 2 fully saturated rings. The summed E-state index contributed by atoms with van der Waals surface area (Å²) in [4.78, 5) is 36.5. The van der Waals surface area contributed by atoms with Gasteiger partial charge in [-0.2, -0.15) is 0 Å². The fourth-order valence-corrected chi connectivity index (χ4v) is 6.11. The lowest BCUT2D eigenvalue weighted by molar-refractivity contribution is -0.148. The molecule has 11 heteroatoms. The molecule has 2 atom stereocenters. The number of halogens is 2. The summed E-state index contributed by atoms with van der Waals surface area (Å²) >= 11 is 12.6. The Balaban J connectivity index is 0.00000441. The molecule has 2 aliphatic rings. The SMILES string of the molecule is CC[C@H]1CN(c2ncc(C(=O)NCCO)cc2Cl)CCN1C1CCN(C(C(=O)OC)c2ccc(Cl)cc2)CC1.[HH]. The molecular formula is C28H39Cl2N5O4. The van der Waals surface area contributed by atoms with Gasteiger partial charge >= 0.3 is 5.97 Å². The molecule has 0 aliphatic carbocycles. The molecule has 39 heavy (non-hydrogen) atoms. The predicted octanol–water partition coefficient (Wildman–Crippen LogP) is 3.64. The van der Waals surface area contributed by atoms with E-state index in [-0.39, 0.29) is 26.5 Å². The number of piperazine rings is 1. The van der Waals surface area contributed by atoms with Gasteiger partial charge in [-0.25, -0.2) is 9.78 Å². The highest BCUT2D eigenvalue weighted by Gasteiger charge is 2.37. The lowest BCUT2D eigenvalue weighted by Gasteiger charge is -2.48. The Labute approximate surface area is 241 Å². The van der Waals surface area contributed by atoms with Gasteiger partial charge < -0.3 is 20.1 Å². The van der Waals surface area contributed by atoms with E-state index in [1.807, 2.05) is 24.3 Å². The van der Waals surface area contributed by atoms with E-state index in [4.69, 9.17) is 33.0 Å².